The van der Waals surface area contributed by atoms with Gasteiger partial charge in [-0.25, -0.2) is 0 Å². The summed E-state index contributed by atoms with van der Waals surface area (Å²) in [6, 6.07) is -0.878. The lowest BCUT2D eigenvalue weighted by atomic mass is 10.0. The summed E-state index contributed by atoms with van der Waals surface area (Å²) in [6.45, 7) is 4.61. The van der Waals surface area contributed by atoms with Crippen molar-refractivity contribution in [2.75, 3.05) is 40.9 Å². The van der Waals surface area contributed by atoms with Crippen molar-refractivity contribution in [3.05, 3.63) is 12.2 Å². The molecule has 0 fully saturated rings. The highest BCUT2D eigenvalue weighted by molar-refractivity contribution is 7.45. The molecule has 3 atom stereocenters. The van der Waals surface area contributed by atoms with Crippen LogP contribution in [-0.2, 0) is 18.4 Å². The van der Waals surface area contributed by atoms with Crippen molar-refractivity contribution in [1.29, 1.82) is 0 Å². The number of unbranched alkanes of at least 4 members (excludes halogenated alkanes) is 32. The van der Waals surface area contributed by atoms with Crippen LogP contribution in [0.15, 0.2) is 12.2 Å². The van der Waals surface area contributed by atoms with Crippen molar-refractivity contribution < 1.29 is 32.9 Å². The highest BCUT2D eigenvalue weighted by Crippen LogP contribution is 2.38. The second-order valence-electron chi connectivity index (χ2n) is 18.2. The van der Waals surface area contributed by atoms with Crippen LogP contribution >= 0.6 is 7.82 Å². The summed E-state index contributed by atoms with van der Waals surface area (Å²) in [6.07, 6.45) is 47.4. The van der Waals surface area contributed by atoms with E-state index >= 15 is 0 Å². The van der Waals surface area contributed by atoms with E-state index in [4.69, 9.17) is 9.05 Å². The summed E-state index contributed by atoms with van der Waals surface area (Å²) < 4.78 is 23.1. The average molecular weight is 829 g/mol. The van der Waals surface area contributed by atoms with Gasteiger partial charge in [0.15, 0.2) is 0 Å². The van der Waals surface area contributed by atoms with E-state index in [-0.39, 0.29) is 19.1 Å². The second kappa shape index (κ2) is 40.6. The summed E-state index contributed by atoms with van der Waals surface area (Å²) in [7, 11) is 1.27. The summed E-state index contributed by atoms with van der Waals surface area (Å²) in [4.78, 5) is 25.2. The van der Waals surface area contributed by atoms with Crippen LogP contribution in [-0.4, -0.2) is 68.5 Å². The number of phosphoric ester groups is 1. The zero-order valence-electron chi connectivity index (χ0n) is 38.6. The van der Waals surface area contributed by atoms with Gasteiger partial charge in [0.25, 0.3) is 7.82 Å². The predicted molar refractivity (Wildman–Crippen MR) is 242 cm³/mol. The zero-order valence-corrected chi connectivity index (χ0v) is 39.5. The number of aliphatic hydroxyl groups is 1. The first-order valence-corrected chi connectivity index (χ1v) is 26.0. The number of hydrogen-bond acceptors (Lipinski definition) is 6. The van der Waals surface area contributed by atoms with Gasteiger partial charge < -0.3 is 28.8 Å². The number of hydrogen-bond donors (Lipinski definition) is 2. The number of phosphoric acid groups is 1. The van der Waals surface area contributed by atoms with Crippen molar-refractivity contribution in [3.63, 3.8) is 0 Å². The van der Waals surface area contributed by atoms with Crippen molar-refractivity contribution in [2.45, 2.75) is 251 Å². The molecule has 1 amide bonds. The summed E-state index contributed by atoms with van der Waals surface area (Å²) in [5.74, 6) is -0.197. The molecule has 0 aliphatic carbocycles. The van der Waals surface area contributed by atoms with Crippen molar-refractivity contribution in [3.8, 4) is 0 Å². The summed E-state index contributed by atoms with van der Waals surface area (Å²) in [5, 5.41) is 13.7. The second-order valence-corrected chi connectivity index (χ2v) is 19.6. The summed E-state index contributed by atoms with van der Waals surface area (Å²) >= 11 is 0. The Morgan fingerprint density at radius 1 is 0.596 bits per heavy atom. The lowest BCUT2D eigenvalue weighted by molar-refractivity contribution is -0.870. The lowest BCUT2D eigenvalue weighted by Gasteiger charge is -2.29. The van der Waals surface area contributed by atoms with Crippen LogP contribution in [0.4, 0.5) is 0 Å². The van der Waals surface area contributed by atoms with Gasteiger partial charge in [0, 0.05) is 6.42 Å². The highest BCUT2D eigenvalue weighted by atomic mass is 31.2. The molecule has 340 valence electrons. The Balaban J connectivity index is 3.93. The zero-order chi connectivity index (χ0) is 42.1. The number of amides is 1. The minimum absolute atomic E-state index is 0.00143. The molecule has 0 saturated carbocycles. The van der Waals surface area contributed by atoms with Crippen LogP contribution in [0.1, 0.15) is 239 Å². The monoisotopic (exact) mass is 829 g/mol. The Kier molecular flexibility index (Phi) is 40.1. The molecule has 0 aromatic carbocycles. The first-order chi connectivity index (χ1) is 27.5. The molecule has 0 saturated heterocycles. The van der Waals surface area contributed by atoms with Gasteiger partial charge in [-0.2, -0.15) is 0 Å². The van der Waals surface area contributed by atoms with Crippen molar-refractivity contribution >= 4 is 13.7 Å². The predicted octanol–water partition coefficient (Wildman–Crippen LogP) is 13.3. The van der Waals surface area contributed by atoms with Gasteiger partial charge in [0.1, 0.15) is 13.2 Å². The fourth-order valence-corrected chi connectivity index (χ4v) is 8.05. The van der Waals surface area contributed by atoms with Crippen molar-refractivity contribution in [1.82, 2.24) is 5.32 Å². The molecule has 57 heavy (non-hydrogen) atoms. The standard InChI is InChI=1S/C48H97N2O6P/c1-6-8-10-12-14-15-16-17-18-19-20-21-22-23-24-25-26-27-28-29-30-31-32-33-34-36-38-40-42-48(52)49-46(47(51)41-39-37-35-13-11-9-7-2)45-56-57(53,54)55-44-43-50(3,4)5/h39,41,46-47,51H,6-38,40,42-45H2,1-5H3,(H-,49,52,53,54)/b41-39+. The SMILES string of the molecule is CCCCCCC/C=C/C(O)C(COP(=O)([O-])OCC[N+](C)(C)C)NC(=O)CCCCCCCCCCCCCCCCCCCCCCCCCCCCCC. The smallest absolute Gasteiger partial charge is 0.268 e. The van der Waals surface area contributed by atoms with Crippen molar-refractivity contribution in [2.24, 2.45) is 0 Å². The largest absolute Gasteiger partial charge is 0.756 e. The Hall–Kier alpha value is -0.760. The molecule has 3 unspecified atom stereocenters. The van der Waals surface area contributed by atoms with E-state index in [0.29, 0.717) is 17.4 Å². The number of nitrogens with zero attached hydrogens (tertiary/aromatic N) is 1. The van der Waals surface area contributed by atoms with Gasteiger partial charge in [0.05, 0.1) is 39.9 Å². The third kappa shape index (κ3) is 43.1. The van der Waals surface area contributed by atoms with E-state index in [9.17, 15) is 19.4 Å². The molecule has 0 aromatic heterocycles. The normalized spacial score (nSPS) is 14.3. The Bertz CT molecular complexity index is 942. The fraction of sp³-hybridized carbons (Fsp3) is 0.938. The van der Waals surface area contributed by atoms with E-state index in [1.54, 1.807) is 6.08 Å². The van der Waals surface area contributed by atoms with Crippen LogP contribution in [0.5, 0.6) is 0 Å². The number of aliphatic hydroxyl groups excluding tert-OH is 1. The molecule has 0 radical (unpaired) electrons. The number of quaternary nitrogens is 1. The first-order valence-electron chi connectivity index (χ1n) is 24.6. The minimum Gasteiger partial charge on any atom is -0.756 e. The van der Waals surface area contributed by atoms with E-state index in [2.05, 4.69) is 19.2 Å². The molecular formula is C48H97N2O6P. The Labute approximate surface area is 354 Å². The first kappa shape index (κ1) is 56.2. The molecule has 0 heterocycles. The van der Waals surface area contributed by atoms with Crippen LogP contribution in [0.25, 0.3) is 0 Å². The fourth-order valence-electron chi connectivity index (χ4n) is 7.33. The summed E-state index contributed by atoms with van der Waals surface area (Å²) in [5.41, 5.74) is 0. The molecule has 0 aromatic rings. The molecule has 2 N–H and O–H groups in total. The number of nitrogens with one attached hydrogen (secondary N) is 1. The van der Waals surface area contributed by atoms with Gasteiger partial charge in [-0.3, -0.25) is 9.36 Å². The van der Waals surface area contributed by atoms with Gasteiger partial charge in [0.2, 0.25) is 5.91 Å². The van der Waals surface area contributed by atoms with E-state index < -0.39 is 20.0 Å². The lowest BCUT2D eigenvalue weighted by Crippen LogP contribution is -2.45. The molecule has 0 rings (SSSR count). The molecular weight excluding hydrogens is 732 g/mol. The van der Waals surface area contributed by atoms with E-state index in [1.165, 1.54) is 180 Å². The maximum absolute atomic E-state index is 12.8. The topological polar surface area (TPSA) is 108 Å². The van der Waals surface area contributed by atoms with Gasteiger partial charge in [-0.15, -0.1) is 0 Å². The number of allylic oxidation sites excluding steroid dienone is 1. The molecule has 0 aliphatic rings. The van der Waals surface area contributed by atoms with E-state index in [0.717, 1.165) is 38.5 Å². The Morgan fingerprint density at radius 2 is 0.947 bits per heavy atom. The third-order valence-corrected chi connectivity index (χ3v) is 12.2. The van der Waals surface area contributed by atoms with Crippen LogP contribution in [0.2, 0.25) is 0 Å². The van der Waals surface area contributed by atoms with E-state index in [1.807, 2.05) is 27.2 Å². The van der Waals surface area contributed by atoms with Gasteiger partial charge >= 0.3 is 0 Å². The van der Waals surface area contributed by atoms with Crippen LogP contribution < -0.4 is 10.2 Å². The van der Waals surface area contributed by atoms with Gasteiger partial charge in [-0.05, 0) is 19.3 Å². The number of likely N-dealkylation sites (N-methyl/N-ethyl adjacent to an activating group) is 1. The average Bonchev–Trinajstić information content (AvgIpc) is 3.16. The number of carbonyl (C=O) groups is 1. The molecule has 0 spiro atoms. The third-order valence-electron chi connectivity index (χ3n) is 11.2. The Morgan fingerprint density at radius 3 is 1.32 bits per heavy atom. The molecule has 0 bridgehead atoms. The van der Waals surface area contributed by atoms with Crippen LogP contribution in [0, 0.1) is 0 Å². The maximum Gasteiger partial charge on any atom is 0.268 e. The quantitative estimate of drug-likeness (QED) is 0.0274. The number of carbonyl (C=O) groups excluding carboxylic acids is 1. The number of rotatable bonds is 45. The molecule has 8 nitrogen and oxygen atoms in total. The molecule has 0 aliphatic heterocycles. The minimum atomic E-state index is -4.57. The maximum atomic E-state index is 12.8. The molecule has 9 heteroatoms. The highest BCUT2D eigenvalue weighted by Gasteiger charge is 2.23. The van der Waals surface area contributed by atoms with Crippen LogP contribution in [0.3, 0.4) is 0 Å². The van der Waals surface area contributed by atoms with Gasteiger partial charge in [-0.1, -0.05) is 225 Å².